The molecule has 0 aliphatic heterocycles. The molecule has 0 amide bonds. The maximum absolute atomic E-state index is 5.64. The Hall–Kier alpha value is 0.400. The normalized spacial score (nSPS) is 16.1. The third kappa shape index (κ3) is 21.1. The average molecular weight is 464 g/mol. The van der Waals surface area contributed by atoms with E-state index in [9.17, 15) is 0 Å². The summed E-state index contributed by atoms with van der Waals surface area (Å²) in [5.41, 5.74) is 0. The highest BCUT2D eigenvalue weighted by Crippen LogP contribution is 2.25. The van der Waals surface area contributed by atoms with Crippen LogP contribution in [0.3, 0.4) is 0 Å². The SMILES string of the molecule is CCCCCCCCCCOCOCCCC(C)CC(C)CC(C)CC(C)Br. The maximum Gasteiger partial charge on any atom is 0.146 e. The van der Waals surface area contributed by atoms with Crippen molar-refractivity contribution in [3.05, 3.63) is 0 Å². The molecule has 0 saturated heterocycles. The summed E-state index contributed by atoms with van der Waals surface area (Å²) in [4.78, 5) is 0.641. The first kappa shape index (κ1) is 28.4. The Labute approximate surface area is 186 Å². The van der Waals surface area contributed by atoms with Gasteiger partial charge in [0, 0.05) is 18.0 Å². The molecule has 0 spiro atoms. The van der Waals surface area contributed by atoms with Crippen molar-refractivity contribution in [2.24, 2.45) is 17.8 Å². The number of hydrogen-bond donors (Lipinski definition) is 0. The Morgan fingerprint density at radius 1 is 0.607 bits per heavy atom. The third-order valence-corrected chi connectivity index (χ3v) is 6.00. The summed E-state index contributed by atoms with van der Waals surface area (Å²) in [5, 5.41) is 0. The molecule has 0 aromatic heterocycles. The molecule has 0 fully saturated rings. The van der Waals surface area contributed by atoms with Gasteiger partial charge >= 0.3 is 0 Å². The number of alkyl halides is 1. The van der Waals surface area contributed by atoms with Crippen LogP contribution in [0.1, 0.15) is 118 Å². The van der Waals surface area contributed by atoms with Gasteiger partial charge in [0.2, 0.25) is 0 Å². The van der Waals surface area contributed by atoms with E-state index in [2.05, 4.69) is 50.5 Å². The molecule has 4 atom stereocenters. The Kier molecular flexibility index (Phi) is 21.0. The molecule has 28 heavy (non-hydrogen) atoms. The van der Waals surface area contributed by atoms with Gasteiger partial charge in [0.1, 0.15) is 6.79 Å². The first-order valence-corrected chi connectivity index (χ1v) is 13.2. The summed E-state index contributed by atoms with van der Waals surface area (Å²) in [6, 6.07) is 0. The molecule has 0 aromatic carbocycles. The molecule has 0 N–H and O–H groups in total. The fourth-order valence-corrected chi connectivity index (χ4v) is 4.93. The second kappa shape index (κ2) is 20.7. The summed E-state index contributed by atoms with van der Waals surface area (Å²) < 4.78 is 11.2. The summed E-state index contributed by atoms with van der Waals surface area (Å²) in [7, 11) is 0. The zero-order chi connectivity index (χ0) is 21.0. The van der Waals surface area contributed by atoms with Gasteiger partial charge in [-0.15, -0.1) is 0 Å². The number of unbranched alkanes of at least 4 members (excludes halogenated alkanes) is 7. The van der Waals surface area contributed by atoms with E-state index in [4.69, 9.17) is 9.47 Å². The van der Waals surface area contributed by atoms with Gasteiger partial charge in [-0.2, -0.15) is 0 Å². The van der Waals surface area contributed by atoms with Crippen molar-refractivity contribution < 1.29 is 9.47 Å². The van der Waals surface area contributed by atoms with Gasteiger partial charge in [0.15, 0.2) is 0 Å². The highest BCUT2D eigenvalue weighted by atomic mass is 79.9. The first-order chi connectivity index (χ1) is 13.5. The number of rotatable bonds is 21. The molecule has 4 unspecified atom stereocenters. The van der Waals surface area contributed by atoms with Gasteiger partial charge in [0.25, 0.3) is 0 Å². The molecular weight excluding hydrogens is 412 g/mol. The van der Waals surface area contributed by atoms with Crippen LogP contribution in [-0.2, 0) is 9.47 Å². The molecule has 0 saturated carbocycles. The largest absolute Gasteiger partial charge is 0.355 e. The monoisotopic (exact) mass is 462 g/mol. The van der Waals surface area contributed by atoms with E-state index < -0.39 is 0 Å². The molecule has 170 valence electrons. The fourth-order valence-electron chi connectivity index (χ4n) is 4.29. The number of hydrogen-bond acceptors (Lipinski definition) is 2. The minimum absolute atomic E-state index is 0.476. The molecule has 0 bridgehead atoms. The third-order valence-electron chi connectivity index (χ3n) is 5.63. The van der Waals surface area contributed by atoms with Crippen LogP contribution in [0.4, 0.5) is 0 Å². The molecule has 2 nitrogen and oxygen atoms in total. The molecular formula is C25H51BrO2. The van der Waals surface area contributed by atoms with Gasteiger partial charge in [-0.3, -0.25) is 0 Å². The van der Waals surface area contributed by atoms with Gasteiger partial charge in [0.05, 0.1) is 0 Å². The van der Waals surface area contributed by atoms with Gasteiger partial charge in [-0.25, -0.2) is 0 Å². The highest BCUT2D eigenvalue weighted by molar-refractivity contribution is 9.09. The van der Waals surface area contributed by atoms with Crippen molar-refractivity contribution in [2.45, 2.75) is 123 Å². The van der Waals surface area contributed by atoms with Crippen LogP contribution in [-0.4, -0.2) is 24.8 Å². The van der Waals surface area contributed by atoms with E-state index in [1.165, 1.54) is 77.0 Å². The topological polar surface area (TPSA) is 18.5 Å². The van der Waals surface area contributed by atoms with Crippen molar-refractivity contribution in [1.82, 2.24) is 0 Å². The quantitative estimate of drug-likeness (QED) is 0.0962. The Balaban J connectivity index is 3.35. The molecule has 0 heterocycles. The zero-order valence-corrected chi connectivity index (χ0v) is 21.4. The number of ether oxygens (including phenoxy) is 2. The van der Waals surface area contributed by atoms with E-state index in [0.29, 0.717) is 11.6 Å². The van der Waals surface area contributed by atoms with Crippen molar-refractivity contribution in [1.29, 1.82) is 0 Å². The van der Waals surface area contributed by atoms with Gasteiger partial charge < -0.3 is 9.47 Å². The second-order valence-electron chi connectivity index (χ2n) is 9.35. The van der Waals surface area contributed by atoms with Crippen molar-refractivity contribution in [2.75, 3.05) is 20.0 Å². The van der Waals surface area contributed by atoms with E-state index >= 15 is 0 Å². The molecule has 3 heteroatoms. The van der Waals surface area contributed by atoms with E-state index in [1.807, 2.05) is 0 Å². The van der Waals surface area contributed by atoms with E-state index in [-0.39, 0.29) is 0 Å². The Morgan fingerprint density at radius 2 is 1.11 bits per heavy atom. The maximum atomic E-state index is 5.64. The van der Waals surface area contributed by atoms with Crippen molar-refractivity contribution in [3.8, 4) is 0 Å². The number of halogens is 1. The second-order valence-corrected chi connectivity index (χ2v) is 10.9. The van der Waals surface area contributed by atoms with Crippen LogP contribution >= 0.6 is 15.9 Å². The predicted molar refractivity (Wildman–Crippen MR) is 128 cm³/mol. The van der Waals surface area contributed by atoms with Gasteiger partial charge in [-0.1, -0.05) is 95.5 Å². The van der Waals surface area contributed by atoms with Crippen LogP contribution in [0.5, 0.6) is 0 Å². The highest BCUT2D eigenvalue weighted by Gasteiger charge is 2.14. The lowest BCUT2D eigenvalue weighted by atomic mass is 9.86. The average Bonchev–Trinajstić information content (AvgIpc) is 2.61. The Morgan fingerprint density at radius 3 is 1.71 bits per heavy atom. The molecule has 0 aromatic rings. The van der Waals surface area contributed by atoms with Crippen molar-refractivity contribution >= 4 is 15.9 Å². The summed E-state index contributed by atoms with van der Waals surface area (Å²) in [6.07, 6.45) is 17.2. The lowest BCUT2D eigenvalue weighted by Crippen LogP contribution is -2.11. The fraction of sp³-hybridized carbons (Fsp3) is 1.00. The predicted octanol–water partition coefficient (Wildman–Crippen LogP) is 8.76. The standard InChI is InChI=1S/C25H51BrO2/c1-6-7-8-9-10-11-12-13-16-27-21-28-17-14-15-22(2)18-23(3)19-24(4)20-25(5)26/h22-25H,6-21H2,1-5H3. The first-order valence-electron chi connectivity index (χ1n) is 12.2. The Bertz CT molecular complexity index is 309. The molecule has 0 rings (SSSR count). The van der Waals surface area contributed by atoms with E-state index in [1.54, 1.807) is 0 Å². The lowest BCUT2D eigenvalue weighted by Gasteiger charge is -2.21. The van der Waals surface area contributed by atoms with Crippen LogP contribution in [0.2, 0.25) is 0 Å². The van der Waals surface area contributed by atoms with Crippen LogP contribution < -0.4 is 0 Å². The zero-order valence-electron chi connectivity index (χ0n) is 19.8. The van der Waals surface area contributed by atoms with Crippen LogP contribution in [0.25, 0.3) is 0 Å². The molecule has 0 aliphatic rings. The van der Waals surface area contributed by atoms with Gasteiger partial charge in [-0.05, 0) is 56.3 Å². The van der Waals surface area contributed by atoms with E-state index in [0.717, 1.165) is 37.4 Å². The van der Waals surface area contributed by atoms with Crippen LogP contribution in [0, 0.1) is 17.8 Å². The smallest absolute Gasteiger partial charge is 0.146 e. The minimum atomic E-state index is 0.476. The minimum Gasteiger partial charge on any atom is -0.355 e. The lowest BCUT2D eigenvalue weighted by molar-refractivity contribution is -0.0561. The van der Waals surface area contributed by atoms with Crippen LogP contribution in [0.15, 0.2) is 0 Å². The van der Waals surface area contributed by atoms with Crippen molar-refractivity contribution in [3.63, 3.8) is 0 Å². The summed E-state index contributed by atoms with van der Waals surface area (Å²) in [6.45, 7) is 13.9. The summed E-state index contributed by atoms with van der Waals surface area (Å²) >= 11 is 3.68. The molecule has 0 aliphatic carbocycles. The molecule has 0 radical (unpaired) electrons. The summed E-state index contributed by atoms with van der Waals surface area (Å²) in [5.74, 6) is 2.44.